The molecule has 7 nitrogen and oxygen atoms in total. The van der Waals surface area contributed by atoms with Crippen LogP contribution in [0.1, 0.15) is 13.3 Å². The van der Waals surface area contributed by atoms with E-state index >= 15 is 0 Å². The number of hydrogen-bond acceptors (Lipinski definition) is 4. The molecule has 0 bridgehead atoms. The number of carbonyl (C=O) groups is 3. The summed E-state index contributed by atoms with van der Waals surface area (Å²) in [6.07, 6.45) is 0.0947. The number of hydrogen-bond donors (Lipinski definition) is 3. The van der Waals surface area contributed by atoms with Crippen molar-refractivity contribution in [1.29, 1.82) is 0 Å². The highest BCUT2D eigenvalue weighted by Crippen LogP contribution is 2.17. The molecular weight excluding hydrogens is 228 g/mol. The molecule has 0 radical (unpaired) electrons. The van der Waals surface area contributed by atoms with Crippen molar-refractivity contribution in [2.75, 3.05) is 19.7 Å². The summed E-state index contributed by atoms with van der Waals surface area (Å²) in [6.45, 7) is 1.98. The minimum atomic E-state index is -1.31. The van der Waals surface area contributed by atoms with Crippen molar-refractivity contribution < 1.29 is 24.6 Å². The van der Waals surface area contributed by atoms with Gasteiger partial charge in [-0.25, -0.2) is 4.79 Å². The fourth-order valence-corrected chi connectivity index (χ4v) is 1.73. The third-order valence-corrected chi connectivity index (χ3v) is 2.76. The summed E-state index contributed by atoms with van der Waals surface area (Å²) in [6, 6.07) is -1.31. The first kappa shape index (κ1) is 13.4. The van der Waals surface area contributed by atoms with Crippen LogP contribution in [0.5, 0.6) is 0 Å². The molecule has 0 saturated carbocycles. The van der Waals surface area contributed by atoms with Crippen LogP contribution in [-0.2, 0) is 14.4 Å². The van der Waals surface area contributed by atoms with Crippen LogP contribution in [0.2, 0.25) is 0 Å². The van der Waals surface area contributed by atoms with Gasteiger partial charge in [-0.1, -0.05) is 0 Å². The fourth-order valence-electron chi connectivity index (χ4n) is 1.73. The summed E-state index contributed by atoms with van der Waals surface area (Å²) in [5.74, 6) is -2.44. The van der Waals surface area contributed by atoms with Gasteiger partial charge in [-0.15, -0.1) is 0 Å². The molecule has 96 valence electrons. The minimum Gasteiger partial charge on any atom is -0.480 e. The largest absolute Gasteiger partial charge is 0.480 e. The average molecular weight is 244 g/mol. The molecule has 7 heteroatoms. The van der Waals surface area contributed by atoms with E-state index in [2.05, 4.69) is 5.32 Å². The van der Waals surface area contributed by atoms with Crippen LogP contribution in [0, 0.1) is 5.92 Å². The van der Waals surface area contributed by atoms with Gasteiger partial charge in [0.15, 0.2) is 0 Å². The lowest BCUT2D eigenvalue weighted by molar-refractivity contribution is -0.143. The zero-order chi connectivity index (χ0) is 13.0. The average Bonchev–Trinajstić information content (AvgIpc) is 2.66. The van der Waals surface area contributed by atoms with Crippen LogP contribution in [0.3, 0.4) is 0 Å². The van der Waals surface area contributed by atoms with Crippen LogP contribution in [-0.4, -0.2) is 58.6 Å². The van der Waals surface area contributed by atoms with Gasteiger partial charge in [0, 0.05) is 19.5 Å². The van der Waals surface area contributed by atoms with Crippen LogP contribution >= 0.6 is 0 Å². The van der Waals surface area contributed by atoms with Crippen molar-refractivity contribution in [3.8, 4) is 0 Å². The van der Waals surface area contributed by atoms with Crippen molar-refractivity contribution in [2.45, 2.75) is 19.4 Å². The number of carboxylic acids is 1. The van der Waals surface area contributed by atoms with Gasteiger partial charge in [0.25, 0.3) is 0 Å². The molecular formula is C10H16N2O5. The van der Waals surface area contributed by atoms with E-state index in [0.29, 0.717) is 13.1 Å². The molecule has 0 aromatic rings. The summed E-state index contributed by atoms with van der Waals surface area (Å²) in [5.41, 5.74) is 0. The van der Waals surface area contributed by atoms with E-state index in [9.17, 15) is 14.4 Å². The van der Waals surface area contributed by atoms with E-state index in [1.54, 1.807) is 4.90 Å². The number of likely N-dealkylation sites (tertiary alicyclic amines) is 1. The molecule has 2 atom stereocenters. The summed E-state index contributed by atoms with van der Waals surface area (Å²) in [5, 5.41) is 19.6. The fraction of sp³-hybridized carbons (Fsp3) is 0.700. The van der Waals surface area contributed by atoms with Gasteiger partial charge in [0.1, 0.15) is 6.04 Å². The second kappa shape index (κ2) is 5.62. The summed E-state index contributed by atoms with van der Waals surface area (Å²) in [4.78, 5) is 35.2. The van der Waals surface area contributed by atoms with Gasteiger partial charge in [-0.05, 0) is 6.92 Å². The number of aliphatic hydroxyl groups is 1. The Hall–Kier alpha value is -1.63. The lowest BCUT2D eigenvalue weighted by Crippen LogP contribution is -2.46. The Morgan fingerprint density at radius 2 is 2.24 bits per heavy atom. The molecule has 0 spiro atoms. The van der Waals surface area contributed by atoms with Crippen LogP contribution in [0.4, 0.5) is 0 Å². The summed E-state index contributed by atoms with van der Waals surface area (Å²) >= 11 is 0. The maximum atomic E-state index is 11.7. The highest BCUT2D eigenvalue weighted by Gasteiger charge is 2.34. The normalized spacial score (nSPS) is 21.4. The van der Waals surface area contributed by atoms with E-state index in [1.165, 1.54) is 0 Å². The third kappa shape index (κ3) is 3.16. The standard InChI is InChI=1S/C10H16N2O5/c1-2-12-4-6(3-8(12)14)9(15)11-7(5-13)10(16)17/h6-7,13H,2-5H2,1H3,(H,11,15)(H,16,17)/t6?,7-/m1/s1. The molecule has 1 aliphatic heterocycles. The van der Waals surface area contributed by atoms with Crippen molar-refractivity contribution in [2.24, 2.45) is 5.92 Å². The number of carboxylic acid groups (broad SMARTS) is 1. The summed E-state index contributed by atoms with van der Waals surface area (Å²) < 4.78 is 0. The lowest BCUT2D eigenvalue weighted by atomic mass is 10.1. The maximum Gasteiger partial charge on any atom is 0.328 e. The van der Waals surface area contributed by atoms with Gasteiger partial charge in [-0.2, -0.15) is 0 Å². The molecule has 3 N–H and O–H groups in total. The predicted molar refractivity (Wildman–Crippen MR) is 57.0 cm³/mol. The number of nitrogens with one attached hydrogen (secondary N) is 1. The van der Waals surface area contributed by atoms with Gasteiger partial charge in [0.2, 0.25) is 11.8 Å². The predicted octanol–water partition coefficient (Wildman–Crippen LogP) is -1.58. The maximum absolute atomic E-state index is 11.7. The molecule has 1 saturated heterocycles. The lowest BCUT2D eigenvalue weighted by Gasteiger charge is -2.16. The molecule has 1 unspecified atom stereocenters. The Balaban J connectivity index is 2.55. The molecule has 0 aromatic heterocycles. The zero-order valence-corrected chi connectivity index (χ0v) is 9.55. The van der Waals surface area contributed by atoms with Crippen LogP contribution in [0.25, 0.3) is 0 Å². The second-order valence-corrected chi connectivity index (χ2v) is 3.92. The number of nitrogens with zero attached hydrogens (tertiary/aromatic N) is 1. The Morgan fingerprint density at radius 3 is 2.65 bits per heavy atom. The van der Waals surface area contributed by atoms with Crippen molar-refractivity contribution >= 4 is 17.8 Å². The highest BCUT2D eigenvalue weighted by molar-refractivity contribution is 5.91. The molecule has 1 heterocycles. The van der Waals surface area contributed by atoms with E-state index < -0.39 is 30.4 Å². The SMILES string of the molecule is CCN1CC(C(=O)N[C@H](CO)C(=O)O)CC1=O. The van der Waals surface area contributed by atoms with Gasteiger partial charge < -0.3 is 20.4 Å². The molecule has 1 fully saturated rings. The second-order valence-electron chi connectivity index (χ2n) is 3.92. The molecule has 0 aromatic carbocycles. The third-order valence-electron chi connectivity index (χ3n) is 2.76. The summed E-state index contributed by atoms with van der Waals surface area (Å²) in [7, 11) is 0. The Bertz CT molecular complexity index is 331. The molecule has 17 heavy (non-hydrogen) atoms. The first-order valence-corrected chi connectivity index (χ1v) is 5.41. The molecule has 1 aliphatic rings. The quantitative estimate of drug-likeness (QED) is 0.541. The molecule has 2 amide bonds. The Labute approximate surface area is 98.4 Å². The first-order chi connectivity index (χ1) is 7.99. The van der Waals surface area contributed by atoms with E-state index in [4.69, 9.17) is 10.2 Å². The number of rotatable bonds is 5. The van der Waals surface area contributed by atoms with E-state index in [1.807, 2.05) is 6.92 Å². The first-order valence-electron chi connectivity index (χ1n) is 5.41. The van der Waals surface area contributed by atoms with Gasteiger partial charge >= 0.3 is 5.97 Å². The van der Waals surface area contributed by atoms with Crippen molar-refractivity contribution in [3.63, 3.8) is 0 Å². The smallest absolute Gasteiger partial charge is 0.328 e. The minimum absolute atomic E-state index is 0.0947. The highest BCUT2D eigenvalue weighted by atomic mass is 16.4. The van der Waals surface area contributed by atoms with E-state index in [0.717, 1.165) is 0 Å². The molecule has 0 aliphatic carbocycles. The topological polar surface area (TPSA) is 107 Å². The monoisotopic (exact) mass is 244 g/mol. The number of aliphatic carboxylic acids is 1. The Kier molecular flexibility index (Phi) is 4.45. The van der Waals surface area contributed by atoms with Crippen LogP contribution < -0.4 is 5.32 Å². The Morgan fingerprint density at radius 1 is 1.59 bits per heavy atom. The van der Waals surface area contributed by atoms with Crippen molar-refractivity contribution in [1.82, 2.24) is 10.2 Å². The van der Waals surface area contributed by atoms with Crippen LogP contribution in [0.15, 0.2) is 0 Å². The van der Waals surface area contributed by atoms with Gasteiger partial charge in [-0.3, -0.25) is 9.59 Å². The van der Waals surface area contributed by atoms with Crippen molar-refractivity contribution in [3.05, 3.63) is 0 Å². The number of amides is 2. The van der Waals surface area contributed by atoms with E-state index in [-0.39, 0.29) is 12.3 Å². The zero-order valence-electron chi connectivity index (χ0n) is 9.55. The number of aliphatic hydroxyl groups excluding tert-OH is 1. The van der Waals surface area contributed by atoms with Gasteiger partial charge in [0.05, 0.1) is 12.5 Å². The molecule has 1 rings (SSSR count). The number of carbonyl (C=O) groups excluding carboxylic acids is 2.